The van der Waals surface area contributed by atoms with Gasteiger partial charge >= 0.3 is 0 Å². The van der Waals surface area contributed by atoms with Gasteiger partial charge in [0.25, 0.3) is 0 Å². The molecule has 1 aromatic heterocycles. The number of oxazole rings is 1. The summed E-state index contributed by atoms with van der Waals surface area (Å²) < 4.78 is 17.1. The van der Waals surface area contributed by atoms with E-state index < -0.39 is 0 Å². The SMILES string of the molecule is CCOc1cccc(OCCCc2nc(-c3ccccc3)oc2C)c1. The standard InChI is InChI=1S/C21H23NO3/c1-3-23-18-11-7-12-19(15-18)24-14-8-13-20-16(2)25-21(22-20)17-9-5-4-6-10-17/h4-7,9-12,15H,3,8,13-14H2,1-2H3. The van der Waals surface area contributed by atoms with E-state index in [0.29, 0.717) is 19.1 Å². The van der Waals surface area contributed by atoms with E-state index in [1.54, 1.807) is 0 Å². The Morgan fingerprint density at radius 3 is 2.48 bits per heavy atom. The first kappa shape index (κ1) is 17.1. The molecule has 0 amide bonds. The lowest BCUT2D eigenvalue weighted by molar-refractivity contribution is 0.303. The van der Waals surface area contributed by atoms with E-state index in [9.17, 15) is 0 Å². The normalized spacial score (nSPS) is 10.6. The van der Waals surface area contributed by atoms with Gasteiger partial charge in [-0.25, -0.2) is 4.98 Å². The molecule has 25 heavy (non-hydrogen) atoms. The molecule has 0 aliphatic heterocycles. The van der Waals surface area contributed by atoms with Crippen molar-refractivity contribution in [3.63, 3.8) is 0 Å². The fraction of sp³-hybridized carbons (Fsp3) is 0.286. The third kappa shape index (κ3) is 4.63. The van der Waals surface area contributed by atoms with Crippen LogP contribution in [0.5, 0.6) is 11.5 Å². The number of aromatic nitrogens is 1. The summed E-state index contributed by atoms with van der Waals surface area (Å²) in [5, 5.41) is 0. The van der Waals surface area contributed by atoms with Gasteiger partial charge in [-0.3, -0.25) is 0 Å². The maximum absolute atomic E-state index is 5.81. The fourth-order valence-electron chi connectivity index (χ4n) is 2.61. The molecule has 1 heterocycles. The van der Waals surface area contributed by atoms with Crippen molar-refractivity contribution >= 4 is 0 Å². The number of nitrogens with zero attached hydrogens (tertiary/aromatic N) is 1. The zero-order chi connectivity index (χ0) is 17.5. The third-order valence-corrected chi connectivity index (χ3v) is 3.86. The van der Waals surface area contributed by atoms with Crippen molar-refractivity contribution in [1.82, 2.24) is 4.98 Å². The number of ether oxygens (including phenoxy) is 2. The van der Waals surface area contributed by atoms with E-state index >= 15 is 0 Å². The summed E-state index contributed by atoms with van der Waals surface area (Å²) >= 11 is 0. The Morgan fingerprint density at radius 2 is 1.72 bits per heavy atom. The molecule has 0 N–H and O–H groups in total. The highest BCUT2D eigenvalue weighted by atomic mass is 16.5. The van der Waals surface area contributed by atoms with Crippen molar-refractivity contribution in [1.29, 1.82) is 0 Å². The van der Waals surface area contributed by atoms with E-state index in [2.05, 4.69) is 4.98 Å². The average Bonchev–Trinajstić information content (AvgIpc) is 3.01. The van der Waals surface area contributed by atoms with Crippen molar-refractivity contribution in [3.8, 4) is 23.0 Å². The van der Waals surface area contributed by atoms with E-state index in [0.717, 1.165) is 41.4 Å². The van der Waals surface area contributed by atoms with E-state index in [4.69, 9.17) is 13.9 Å². The van der Waals surface area contributed by atoms with Gasteiger partial charge in [0.2, 0.25) is 5.89 Å². The van der Waals surface area contributed by atoms with E-state index in [1.807, 2.05) is 68.4 Å². The third-order valence-electron chi connectivity index (χ3n) is 3.86. The second kappa shape index (κ2) is 8.38. The molecule has 0 bridgehead atoms. The predicted octanol–water partition coefficient (Wildman–Crippen LogP) is 5.06. The lowest BCUT2D eigenvalue weighted by Crippen LogP contribution is -2.01. The zero-order valence-electron chi connectivity index (χ0n) is 14.7. The molecule has 0 fully saturated rings. The molecule has 0 spiro atoms. The molecule has 0 aliphatic rings. The van der Waals surface area contributed by atoms with Gasteiger partial charge in [-0.2, -0.15) is 0 Å². The Kier molecular flexibility index (Phi) is 5.73. The highest BCUT2D eigenvalue weighted by Crippen LogP contribution is 2.23. The molecule has 0 aliphatic carbocycles. The van der Waals surface area contributed by atoms with Crippen molar-refractivity contribution < 1.29 is 13.9 Å². The first-order valence-electron chi connectivity index (χ1n) is 8.63. The monoisotopic (exact) mass is 337 g/mol. The van der Waals surface area contributed by atoms with E-state index in [-0.39, 0.29) is 0 Å². The Balaban J connectivity index is 1.53. The summed E-state index contributed by atoms with van der Waals surface area (Å²) in [7, 11) is 0. The van der Waals surface area contributed by atoms with Gasteiger partial charge in [0.05, 0.1) is 18.9 Å². The minimum absolute atomic E-state index is 0.628. The summed E-state index contributed by atoms with van der Waals surface area (Å²) in [6.07, 6.45) is 1.70. The van der Waals surface area contributed by atoms with Crippen LogP contribution in [0.2, 0.25) is 0 Å². The first-order valence-corrected chi connectivity index (χ1v) is 8.63. The molecule has 4 heteroatoms. The number of aryl methyl sites for hydroxylation is 2. The average molecular weight is 337 g/mol. The molecule has 0 saturated carbocycles. The van der Waals surface area contributed by atoms with Crippen molar-refractivity contribution in [3.05, 3.63) is 66.1 Å². The summed E-state index contributed by atoms with van der Waals surface area (Å²) in [5.41, 5.74) is 1.99. The van der Waals surface area contributed by atoms with Crippen LogP contribution in [0.3, 0.4) is 0 Å². The van der Waals surface area contributed by atoms with Crippen LogP contribution in [0.25, 0.3) is 11.5 Å². The Labute approximate surface area is 148 Å². The number of rotatable bonds is 8. The fourth-order valence-corrected chi connectivity index (χ4v) is 2.61. The highest BCUT2D eigenvalue weighted by molar-refractivity contribution is 5.53. The van der Waals surface area contributed by atoms with Crippen LogP contribution in [0, 0.1) is 6.92 Å². The lowest BCUT2D eigenvalue weighted by atomic mass is 10.2. The maximum atomic E-state index is 5.81. The van der Waals surface area contributed by atoms with Gasteiger partial charge < -0.3 is 13.9 Å². The Hall–Kier alpha value is -2.75. The van der Waals surface area contributed by atoms with Gasteiger partial charge in [-0.1, -0.05) is 24.3 Å². The molecule has 3 rings (SSSR count). The van der Waals surface area contributed by atoms with Gasteiger partial charge in [0.15, 0.2) is 0 Å². The van der Waals surface area contributed by atoms with Crippen LogP contribution in [-0.2, 0) is 6.42 Å². The van der Waals surface area contributed by atoms with Crippen LogP contribution < -0.4 is 9.47 Å². The molecule has 130 valence electrons. The second-order valence-corrected chi connectivity index (χ2v) is 5.75. The van der Waals surface area contributed by atoms with Gasteiger partial charge in [0.1, 0.15) is 17.3 Å². The highest BCUT2D eigenvalue weighted by Gasteiger charge is 2.11. The van der Waals surface area contributed by atoms with Gasteiger partial charge in [-0.05, 0) is 51.0 Å². The molecule has 0 unspecified atom stereocenters. The second-order valence-electron chi connectivity index (χ2n) is 5.75. The van der Waals surface area contributed by atoms with Gasteiger partial charge in [-0.15, -0.1) is 0 Å². The molecular weight excluding hydrogens is 314 g/mol. The smallest absolute Gasteiger partial charge is 0.226 e. The summed E-state index contributed by atoms with van der Waals surface area (Å²) in [4.78, 5) is 4.62. The Bertz CT molecular complexity index is 796. The molecular formula is C21H23NO3. The largest absolute Gasteiger partial charge is 0.494 e. The lowest BCUT2D eigenvalue weighted by Gasteiger charge is -2.08. The quantitative estimate of drug-likeness (QED) is 0.539. The minimum Gasteiger partial charge on any atom is -0.494 e. The topological polar surface area (TPSA) is 44.5 Å². The van der Waals surface area contributed by atoms with Gasteiger partial charge in [0, 0.05) is 11.6 Å². The number of benzene rings is 2. The molecule has 0 saturated heterocycles. The van der Waals surface area contributed by atoms with Crippen LogP contribution in [0.1, 0.15) is 24.8 Å². The predicted molar refractivity (Wildman–Crippen MR) is 98.1 cm³/mol. The van der Waals surface area contributed by atoms with Crippen molar-refractivity contribution in [2.24, 2.45) is 0 Å². The van der Waals surface area contributed by atoms with Crippen LogP contribution in [-0.4, -0.2) is 18.2 Å². The van der Waals surface area contributed by atoms with Crippen LogP contribution in [0.15, 0.2) is 59.0 Å². The van der Waals surface area contributed by atoms with Crippen molar-refractivity contribution in [2.75, 3.05) is 13.2 Å². The summed E-state index contributed by atoms with van der Waals surface area (Å²) in [6, 6.07) is 17.7. The zero-order valence-corrected chi connectivity index (χ0v) is 14.7. The number of hydrogen-bond acceptors (Lipinski definition) is 4. The van der Waals surface area contributed by atoms with E-state index in [1.165, 1.54) is 0 Å². The summed E-state index contributed by atoms with van der Waals surface area (Å²) in [5.74, 6) is 3.21. The molecule has 4 nitrogen and oxygen atoms in total. The van der Waals surface area contributed by atoms with Crippen LogP contribution in [0.4, 0.5) is 0 Å². The Morgan fingerprint density at radius 1 is 0.960 bits per heavy atom. The minimum atomic E-state index is 0.628. The number of hydrogen-bond donors (Lipinski definition) is 0. The molecule has 0 atom stereocenters. The van der Waals surface area contributed by atoms with Crippen molar-refractivity contribution in [2.45, 2.75) is 26.7 Å². The molecule has 3 aromatic rings. The molecule has 0 radical (unpaired) electrons. The molecule has 2 aromatic carbocycles. The van der Waals surface area contributed by atoms with Crippen LogP contribution >= 0.6 is 0 Å². The summed E-state index contributed by atoms with van der Waals surface area (Å²) in [6.45, 7) is 5.21. The first-order chi connectivity index (χ1) is 12.3. The maximum Gasteiger partial charge on any atom is 0.226 e.